The van der Waals surface area contributed by atoms with Gasteiger partial charge in [0.15, 0.2) is 0 Å². The largest absolute Gasteiger partial charge is 0.462 e. The number of hydrogen-bond donors (Lipinski definition) is 0. The molecule has 0 aromatic heterocycles. The number of rotatable bonds is 9. The highest BCUT2D eigenvalue weighted by Crippen LogP contribution is 2.07. The lowest BCUT2D eigenvalue weighted by molar-refractivity contribution is -0.139. The van der Waals surface area contributed by atoms with Gasteiger partial charge in [0.05, 0.1) is 6.61 Å². The van der Waals surface area contributed by atoms with Gasteiger partial charge >= 0.3 is 5.97 Å². The van der Waals surface area contributed by atoms with E-state index in [0.717, 1.165) is 18.4 Å². The van der Waals surface area contributed by atoms with Crippen LogP contribution in [-0.2, 0) is 9.53 Å². The third kappa shape index (κ3) is 8.51. The Balaban J connectivity index is 3.57. The van der Waals surface area contributed by atoms with E-state index in [2.05, 4.69) is 6.92 Å². The van der Waals surface area contributed by atoms with Crippen LogP contribution in [0.15, 0.2) is 11.6 Å². The number of allylic oxidation sites excluding steroid dienone is 1. The van der Waals surface area contributed by atoms with Gasteiger partial charge in [0, 0.05) is 5.57 Å². The van der Waals surface area contributed by atoms with Crippen molar-refractivity contribution in [3.63, 3.8) is 0 Å². The SMILES string of the molecule is CCCCCCCC=C(C)C(=O)OCCC. The molecule has 0 aromatic carbocycles. The van der Waals surface area contributed by atoms with Crippen LogP contribution in [0.3, 0.4) is 0 Å². The number of carbonyl (C=O) groups is 1. The van der Waals surface area contributed by atoms with Gasteiger partial charge in [-0.2, -0.15) is 0 Å². The van der Waals surface area contributed by atoms with Crippen molar-refractivity contribution in [1.29, 1.82) is 0 Å². The molecule has 0 unspecified atom stereocenters. The maximum absolute atomic E-state index is 11.4. The van der Waals surface area contributed by atoms with Crippen LogP contribution < -0.4 is 0 Å². The fraction of sp³-hybridized carbons (Fsp3) is 0.786. The molecule has 16 heavy (non-hydrogen) atoms. The van der Waals surface area contributed by atoms with Crippen molar-refractivity contribution in [1.82, 2.24) is 0 Å². The van der Waals surface area contributed by atoms with E-state index in [9.17, 15) is 4.79 Å². The van der Waals surface area contributed by atoms with Gasteiger partial charge in [-0.1, -0.05) is 45.6 Å². The second-order valence-corrected chi connectivity index (χ2v) is 4.23. The first-order valence-electron chi connectivity index (χ1n) is 6.56. The van der Waals surface area contributed by atoms with Crippen LogP contribution in [0.25, 0.3) is 0 Å². The number of ether oxygens (including phenoxy) is 1. The van der Waals surface area contributed by atoms with Gasteiger partial charge in [0.25, 0.3) is 0 Å². The summed E-state index contributed by atoms with van der Waals surface area (Å²) in [6.07, 6.45) is 10.2. The van der Waals surface area contributed by atoms with E-state index < -0.39 is 0 Å². The van der Waals surface area contributed by atoms with Crippen LogP contribution in [0.5, 0.6) is 0 Å². The Bertz CT molecular complexity index is 207. The molecule has 0 radical (unpaired) electrons. The standard InChI is InChI=1S/C14H26O2/c1-4-6-7-8-9-10-11-13(3)14(15)16-12-5-2/h11H,4-10,12H2,1-3H3. The highest BCUT2D eigenvalue weighted by atomic mass is 16.5. The molecule has 0 aliphatic heterocycles. The summed E-state index contributed by atoms with van der Waals surface area (Å²) in [4.78, 5) is 11.4. The summed E-state index contributed by atoms with van der Waals surface area (Å²) in [7, 11) is 0. The minimum atomic E-state index is -0.157. The Hall–Kier alpha value is -0.790. The predicted molar refractivity (Wildman–Crippen MR) is 68.4 cm³/mol. The van der Waals surface area contributed by atoms with Gasteiger partial charge < -0.3 is 4.74 Å². The van der Waals surface area contributed by atoms with Crippen LogP contribution in [-0.4, -0.2) is 12.6 Å². The molecule has 2 nitrogen and oxygen atoms in total. The third-order valence-corrected chi connectivity index (χ3v) is 2.52. The Morgan fingerprint density at radius 1 is 1.06 bits per heavy atom. The molecule has 0 saturated heterocycles. The first-order valence-corrected chi connectivity index (χ1v) is 6.56. The Morgan fingerprint density at radius 2 is 1.75 bits per heavy atom. The molecule has 0 aliphatic carbocycles. The second kappa shape index (κ2) is 10.7. The smallest absolute Gasteiger partial charge is 0.333 e. The summed E-state index contributed by atoms with van der Waals surface area (Å²) < 4.78 is 5.04. The van der Waals surface area contributed by atoms with E-state index in [1.165, 1.54) is 32.1 Å². The maximum Gasteiger partial charge on any atom is 0.333 e. The van der Waals surface area contributed by atoms with Gasteiger partial charge in [-0.15, -0.1) is 0 Å². The fourth-order valence-electron chi connectivity index (χ4n) is 1.46. The molecule has 0 aliphatic rings. The summed E-state index contributed by atoms with van der Waals surface area (Å²) in [6.45, 7) is 6.58. The van der Waals surface area contributed by atoms with Gasteiger partial charge in [-0.05, 0) is 26.2 Å². The van der Waals surface area contributed by atoms with Gasteiger partial charge in [-0.25, -0.2) is 4.79 Å². The maximum atomic E-state index is 11.4. The van der Waals surface area contributed by atoms with Crippen LogP contribution >= 0.6 is 0 Å². The molecule has 0 heterocycles. The summed E-state index contributed by atoms with van der Waals surface area (Å²) >= 11 is 0. The van der Waals surface area contributed by atoms with Crippen molar-refractivity contribution >= 4 is 5.97 Å². The molecular formula is C14H26O2. The van der Waals surface area contributed by atoms with Crippen molar-refractivity contribution < 1.29 is 9.53 Å². The van der Waals surface area contributed by atoms with Gasteiger partial charge in [-0.3, -0.25) is 0 Å². The van der Waals surface area contributed by atoms with Crippen LogP contribution in [0, 0.1) is 0 Å². The van der Waals surface area contributed by atoms with Crippen molar-refractivity contribution in [3.05, 3.63) is 11.6 Å². The number of unbranched alkanes of at least 4 members (excludes halogenated alkanes) is 5. The summed E-state index contributed by atoms with van der Waals surface area (Å²) in [6, 6.07) is 0. The predicted octanol–water partition coefficient (Wildman–Crippen LogP) is 4.25. The lowest BCUT2D eigenvalue weighted by Crippen LogP contribution is -2.06. The first-order chi connectivity index (χ1) is 7.72. The van der Waals surface area contributed by atoms with Gasteiger partial charge in [0.1, 0.15) is 0 Å². The quantitative estimate of drug-likeness (QED) is 0.334. The third-order valence-electron chi connectivity index (χ3n) is 2.52. The monoisotopic (exact) mass is 226 g/mol. The summed E-state index contributed by atoms with van der Waals surface area (Å²) in [5, 5.41) is 0. The van der Waals surface area contributed by atoms with Crippen molar-refractivity contribution in [2.45, 2.75) is 65.7 Å². The van der Waals surface area contributed by atoms with E-state index in [1.807, 2.05) is 19.9 Å². The first kappa shape index (κ1) is 15.2. The number of esters is 1. The topological polar surface area (TPSA) is 26.3 Å². The molecule has 0 N–H and O–H groups in total. The molecule has 2 heteroatoms. The molecule has 0 fully saturated rings. The second-order valence-electron chi connectivity index (χ2n) is 4.23. The highest BCUT2D eigenvalue weighted by molar-refractivity contribution is 5.87. The lowest BCUT2D eigenvalue weighted by Gasteiger charge is -2.03. The number of hydrogen-bond acceptors (Lipinski definition) is 2. The average molecular weight is 226 g/mol. The van der Waals surface area contributed by atoms with E-state index in [0.29, 0.717) is 6.61 Å². The van der Waals surface area contributed by atoms with Crippen LogP contribution in [0.2, 0.25) is 0 Å². The molecule has 0 aromatic rings. The summed E-state index contributed by atoms with van der Waals surface area (Å²) in [5.74, 6) is -0.157. The Kier molecular flexibility index (Phi) is 10.2. The molecule has 0 rings (SSSR count). The van der Waals surface area contributed by atoms with Crippen LogP contribution in [0.4, 0.5) is 0 Å². The zero-order valence-electron chi connectivity index (χ0n) is 11.1. The van der Waals surface area contributed by atoms with E-state index in [-0.39, 0.29) is 5.97 Å². The average Bonchev–Trinajstić information content (AvgIpc) is 2.30. The van der Waals surface area contributed by atoms with Crippen molar-refractivity contribution in [2.24, 2.45) is 0 Å². The van der Waals surface area contributed by atoms with E-state index >= 15 is 0 Å². The molecule has 0 spiro atoms. The zero-order valence-corrected chi connectivity index (χ0v) is 11.1. The van der Waals surface area contributed by atoms with Crippen molar-refractivity contribution in [2.75, 3.05) is 6.61 Å². The van der Waals surface area contributed by atoms with E-state index in [1.54, 1.807) is 0 Å². The molecule has 0 amide bonds. The molecular weight excluding hydrogens is 200 g/mol. The Morgan fingerprint density at radius 3 is 2.38 bits per heavy atom. The lowest BCUT2D eigenvalue weighted by atomic mass is 10.1. The minimum absolute atomic E-state index is 0.157. The molecule has 0 saturated carbocycles. The van der Waals surface area contributed by atoms with Crippen LogP contribution in [0.1, 0.15) is 65.7 Å². The number of carbonyl (C=O) groups excluding carboxylic acids is 1. The zero-order chi connectivity index (χ0) is 12.2. The highest BCUT2D eigenvalue weighted by Gasteiger charge is 2.03. The summed E-state index contributed by atoms with van der Waals surface area (Å²) in [5.41, 5.74) is 0.754. The molecule has 94 valence electrons. The normalized spacial score (nSPS) is 11.6. The molecule has 0 atom stereocenters. The fourth-order valence-corrected chi connectivity index (χ4v) is 1.46. The van der Waals surface area contributed by atoms with E-state index in [4.69, 9.17) is 4.74 Å². The minimum Gasteiger partial charge on any atom is -0.462 e. The molecule has 0 bridgehead atoms. The Labute approximate surface area is 100 Å². The van der Waals surface area contributed by atoms with Crippen molar-refractivity contribution in [3.8, 4) is 0 Å². The van der Waals surface area contributed by atoms with Gasteiger partial charge in [0.2, 0.25) is 0 Å².